The number of hydrogen-bond acceptors (Lipinski definition) is 5. The van der Waals surface area contributed by atoms with Gasteiger partial charge in [0.05, 0.1) is 17.7 Å². The minimum absolute atomic E-state index is 0.00675. The van der Waals surface area contributed by atoms with Crippen LogP contribution in [0.5, 0.6) is 5.75 Å². The van der Waals surface area contributed by atoms with Crippen LogP contribution in [0.25, 0.3) is 0 Å². The Bertz CT molecular complexity index is 1210. The molecule has 2 heterocycles. The van der Waals surface area contributed by atoms with Crippen LogP contribution < -0.4 is 10.1 Å². The minimum atomic E-state index is -3.89. The van der Waals surface area contributed by atoms with Gasteiger partial charge in [-0.25, -0.2) is 12.8 Å². The quantitative estimate of drug-likeness (QED) is 0.615. The lowest BCUT2D eigenvalue weighted by atomic mass is 9.90. The van der Waals surface area contributed by atoms with E-state index in [2.05, 4.69) is 5.32 Å². The maximum absolute atomic E-state index is 14.4. The average Bonchev–Trinajstić information content (AvgIpc) is 3.14. The minimum Gasteiger partial charge on any atom is -0.497 e. The van der Waals surface area contributed by atoms with Crippen LogP contribution >= 0.6 is 22.9 Å². The maximum atomic E-state index is 14.4. The Hall–Kier alpha value is -2.42. The predicted molar refractivity (Wildman–Crippen MR) is 109 cm³/mol. The summed E-state index contributed by atoms with van der Waals surface area (Å²) in [5.41, 5.74) is 0.468. The van der Waals surface area contributed by atoms with E-state index in [0.29, 0.717) is 15.6 Å². The van der Waals surface area contributed by atoms with Gasteiger partial charge in [-0.05, 0) is 48.0 Å². The Balaban J connectivity index is 1.82. The molecule has 4 rings (SSSR count). The number of thiophene rings is 1. The zero-order valence-electron chi connectivity index (χ0n) is 15.1. The van der Waals surface area contributed by atoms with Crippen LogP contribution in [0.15, 0.2) is 57.6 Å². The van der Waals surface area contributed by atoms with Gasteiger partial charge in [-0.1, -0.05) is 11.6 Å². The summed E-state index contributed by atoms with van der Waals surface area (Å²) in [7, 11) is -2.40. The molecule has 1 aliphatic heterocycles. The largest absolute Gasteiger partial charge is 0.497 e. The molecule has 1 N–H and O–H groups in total. The molecule has 3 aromatic rings. The van der Waals surface area contributed by atoms with Gasteiger partial charge < -0.3 is 10.1 Å². The van der Waals surface area contributed by atoms with Crippen molar-refractivity contribution >= 4 is 44.4 Å². The van der Waals surface area contributed by atoms with E-state index in [1.54, 1.807) is 12.1 Å². The van der Waals surface area contributed by atoms with Crippen molar-refractivity contribution in [1.82, 2.24) is 0 Å². The molecular weight excluding hydrogens is 437 g/mol. The zero-order valence-corrected chi connectivity index (χ0v) is 17.5. The Kier molecular flexibility index (Phi) is 5.10. The number of nitrogens with one attached hydrogen (secondary N) is 1. The normalized spacial score (nSPS) is 16.2. The number of anilines is 1. The van der Waals surface area contributed by atoms with E-state index in [9.17, 15) is 17.6 Å². The van der Waals surface area contributed by atoms with Crippen LogP contribution in [-0.4, -0.2) is 21.4 Å². The van der Waals surface area contributed by atoms with E-state index in [1.807, 2.05) is 0 Å². The van der Waals surface area contributed by atoms with Gasteiger partial charge in [0, 0.05) is 27.6 Å². The van der Waals surface area contributed by atoms with Crippen LogP contribution in [0, 0.1) is 5.82 Å². The number of ether oxygens (including phenoxy) is 1. The van der Waals surface area contributed by atoms with Crippen molar-refractivity contribution in [3.63, 3.8) is 0 Å². The number of fused-ring (bicyclic) bond motifs is 1. The first-order chi connectivity index (χ1) is 13.8. The lowest BCUT2D eigenvalue weighted by molar-refractivity contribution is -0.116. The van der Waals surface area contributed by atoms with E-state index in [1.165, 1.54) is 54.2 Å². The van der Waals surface area contributed by atoms with Crippen LogP contribution in [0.3, 0.4) is 0 Å². The number of halogens is 2. The Labute approximate surface area is 176 Å². The smallest absolute Gasteiger partial charge is 0.225 e. The molecule has 1 aromatic heterocycles. The maximum Gasteiger partial charge on any atom is 0.225 e. The molecule has 0 saturated carbocycles. The van der Waals surface area contributed by atoms with Crippen LogP contribution in [0.1, 0.15) is 22.8 Å². The summed E-state index contributed by atoms with van der Waals surface area (Å²) in [5, 5.41) is 4.47. The van der Waals surface area contributed by atoms with E-state index < -0.39 is 21.6 Å². The summed E-state index contributed by atoms with van der Waals surface area (Å²) in [6.45, 7) is 0. The Morgan fingerprint density at radius 3 is 2.62 bits per heavy atom. The monoisotopic (exact) mass is 451 g/mol. The van der Waals surface area contributed by atoms with Gasteiger partial charge in [-0.2, -0.15) is 0 Å². The standard InChI is InChI=1S/C20H15ClFNO4S2/c1-27-12-3-5-13(6-4-12)29(25,26)17-10-28-20-15(9-18(24)23-19(17)20)14-8-11(21)2-7-16(14)22/h2-8,10,15H,9H2,1H3,(H,23,24)/t15-/m1/s1. The third-order valence-electron chi connectivity index (χ3n) is 4.75. The second-order valence-corrected chi connectivity index (χ2v) is 9.75. The fourth-order valence-corrected chi connectivity index (χ4v) is 6.40. The Morgan fingerprint density at radius 1 is 1.21 bits per heavy atom. The molecule has 150 valence electrons. The highest BCUT2D eigenvalue weighted by molar-refractivity contribution is 7.91. The molecule has 1 atom stereocenters. The SMILES string of the molecule is COc1ccc(S(=O)(=O)c2csc3c2NC(=O)C[C@@H]3c2cc(Cl)ccc2F)cc1. The number of carbonyl (C=O) groups excluding carboxylic acids is 1. The third-order valence-corrected chi connectivity index (χ3v) is 8.02. The number of amides is 1. The van der Waals surface area contributed by atoms with Crippen molar-refractivity contribution in [3.8, 4) is 5.75 Å². The van der Waals surface area contributed by atoms with E-state index in [0.717, 1.165) is 0 Å². The van der Waals surface area contributed by atoms with E-state index in [-0.39, 0.29) is 33.4 Å². The molecule has 0 bridgehead atoms. The predicted octanol–water partition coefficient (Wildman–Crippen LogP) is 4.86. The first kappa shape index (κ1) is 19.9. The van der Waals surface area contributed by atoms with Gasteiger partial charge in [0.1, 0.15) is 16.5 Å². The van der Waals surface area contributed by atoms with Gasteiger partial charge in [-0.3, -0.25) is 4.79 Å². The molecule has 5 nitrogen and oxygen atoms in total. The van der Waals surface area contributed by atoms with Crippen molar-refractivity contribution in [2.24, 2.45) is 0 Å². The van der Waals surface area contributed by atoms with Crippen molar-refractivity contribution < 1.29 is 22.3 Å². The Morgan fingerprint density at radius 2 is 1.93 bits per heavy atom. The molecule has 9 heteroatoms. The molecule has 1 aliphatic rings. The van der Waals surface area contributed by atoms with E-state index >= 15 is 0 Å². The van der Waals surface area contributed by atoms with Crippen LogP contribution in [0.4, 0.5) is 10.1 Å². The molecule has 0 saturated heterocycles. The number of methoxy groups -OCH3 is 1. The zero-order chi connectivity index (χ0) is 20.8. The summed E-state index contributed by atoms with van der Waals surface area (Å²) < 4.78 is 45.8. The summed E-state index contributed by atoms with van der Waals surface area (Å²) >= 11 is 7.18. The molecule has 1 amide bonds. The number of sulfone groups is 1. The van der Waals surface area contributed by atoms with Crippen LogP contribution in [0.2, 0.25) is 5.02 Å². The number of benzene rings is 2. The first-order valence-electron chi connectivity index (χ1n) is 8.56. The van der Waals surface area contributed by atoms with Crippen molar-refractivity contribution in [3.05, 3.63) is 69.1 Å². The molecule has 0 fully saturated rings. The molecule has 0 aliphatic carbocycles. The van der Waals surface area contributed by atoms with Gasteiger partial charge in [0.25, 0.3) is 0 Å². The molecule has 0 radical (unpaired) electrons. The van der Waals surface area contributed by atoms with Gasteiger partial charge >= 0.3 is 0 Å². The van der Waals surface area contributed by atoms with Gasteiger partial charge in [0.15, 0.2) is 0 Å². The highest BCUT2D eigenvalue weighted by Gasteiger charge is 2.35. The lowest BCUT2D eigenvalue weighted by Gasteiger charge is -2.24. The molecule has 0 spiro atoms. The highest BCUT2D eigenvalue weighted by atomic mass is 35.5. The summed E-state index contributed by atoms with van der Waals surface area (Å²) in [4.78, 5) is 13.0. The number of rotatable bonds is 4. The summed E-state index contributed by atoms with van der Waals surface area (Å²) in [6, 6.07) is 10.1. The summed E-state index contributed by atoms with van der Waals surface area (Å²) in [6.07, 6.45) is 0.00675. The first-order valence-corrected chi connectivity index (χ1v) is 11.3. The fraction of sp³-hybridized carbons (Fsp3) is 0.150. The van der Waals surface area contributed by atoms with Crippen LogP contribution in [-0.2, 0) is 14.6 Å². The average molecular weight is 452 g/mol. The third kappa shape index (κ3) is 3.52. The number of carbonyl (C=O) groups is 1. The lowest BCUT2D eigenvalue weighted by Crippen LogP contribution is -2.24. The number of hydrogen-bond donors (Lipinski definition) is 1. The summed E-state index contributed by atoms with van der Waals surface area (Å²) in [5.74, 6) is -0.956. The molecule has 29 heavy (non-hydrogen) atoms. The van der Waals surface area contributed by atoms with Gasteiger partial charge in [0.2, 0.25) is 15.7 Å². The fourth-order valence-electron chi connectivity index (χ4n) is 3.32. The second-order valence-electron chi connectivity index (χ2n) is 6.49. The topological polar surface area (TPSA) is 72.5 Å². The molecular formula is C20H15ClFNO4S2. The highest BCUT2D eigenvalue weighted by Crippen LogP contribution is 2.46. The van der Waals surface area contributed by atoms with E-state index in [4.69, 9.17) is 16.3 Å². The van der Waals surface area contributed by atoms with Crippen molar-refractivity contribution in [2.45, 2.75) is 22.1 Å². The molecule has 2 aromatic carbocycles. The van der Waals surface area contributed by atoms with Crippen molar-refractivity contribution in [1.29, 1.82) is 0 Å². The van der Waals surface area contributed by atoms with Gasteiger partial charge in [-0.15, -0.1) is 11.3 Å². The second kappa shape index (κ2) is 7.44. The van der Waals surface area contributed by atoms with Crippen molar-refractivity contribution in [2.75, 3.05) is 12.4 Å². The molecule has 0 unspecified atom stereocenters.